The van der Waals surface area contributed by atoms with Crippen molar-refractivity contribution in [1.29, 1.82) is 0 Å². The minimum absolute atomic E-state index is 0.572. The van der Waals surface area contributed by atoms with Gasteiger partial charge in [-0.3, -0.25) is 4.99 Å². The zero-order valence-electron chi connectivity index (χ0n) is 12.2. The van der Waals surface area contributed by atoms with Gasteiger partial charge < -0.3 is 20.3 Å². The summed E-state index contributed by atoms with van der Waals surface area (Å²) in [6.07, 6.45) is 2.71. The third-order valence-electron chi connectivity index (χ3n) is 3.21. The summed E-state index contributed by atoms with van der Waals surface area (Å²) >= 11 is 0. The summed E-state index contributed by atoms with van der Waals surface area (Å²) in [5.74, 6) is 1.73. The van der Waals surface area contributed by atoms with Crippen molar-refractivity contribution >= 4 is 5.96 Å². The molecule has 1 atom stereocenters. The van der Waals surface area contributed by atoms with Gasteiger partial charge in [-0.1, -0.05) is 0 Å². The van der Waals surface area contributed by atoms with Crippen molar-refractivity contribution in [3.8, 4) is 0 Å². The van der Waals surface area contributed by atoms with Gasteiger partial charge in [-0.2, -0.15) is 0 Å². The van der Waals surface area contributed by atoms with E-state index < -0.39 is 0 Å². The lowest BCUT2D eigenvalue weighted by Crippen LogP contribution is -2.40. The SMILES string of the molecule is CCNC(=NCC(C1CC1)N(C)C)NCCOC. The van der Waals surface area contributed by atoms with Gasteiger partial charge >= 0.3 is 0 Å². The highest BCUT2D eigenvalue weighted by Crippen LogP contribution is 2.34. The van der Waals surface area contributed by atoms with Gasteiger partial charge in [-0.25, -0.2) is 0 Å². The molecule has 1 aliphatic rings. The van der Waals surface area contributed by atoms with Gasteiger partial charge in [0.2, 0.25) is 0 Å². The Hall–Kier alpha value is -0.810. The van der Waals surface area contributed by atoms with Crippen LogP contribution in [-0.2, 0) is 4.74 Å². The average molecular weight is 256 g/mol. The number of likely N-dealkylation sites (N-methyl/N-ethyl adjacent to an activating group) is 1. The lowest BCUT2D eigenvalue weighted by atomic mass is 10.2. The number of nitrogens with one attached hydrogen (secondary N) is 2. The molecule has 0 amide bonds. The highest BCUT2D eigenvalue weighted by Gasteiger charge is 2.32. The van der Waals surface area contributed by atoms with Crippen LogP contribution in [0.25, 0.3) is 0 Å². The van der Waals surface area contributed by atoms with E-state index in [9.17, 15) is 0 Å². The molecule has 1 rings (SSSR count). The van der Waals surface area contributed by atoms with Crippen molar-refractivity contribution in [2.24, 2.45) is 10.9 Å². The third-order valence-corrected chi connectivity index (χ3v) is 3.21. The van der Waals surface area contributed by atoms with Crippen LogP contribution < -0.4 is 10.6 Å². The molecule has 0 spiro atoms. The zero-order valence-corrected chi connectivity index (χ0v) is 12.2. The number of nitrogens with zero attached hydrogens (tertiary/aromatic N) is 2. The number of guanidine groups is 1. The van der Waals surface area contributed by atoms with Crippen molar-refractivity contribution in [2.75, 3.05) is 47.4 Å². The second-order valence-electron chi connectivity index (χ2n) is 5.01. The predicted molar refractivity (Wildman–Crippen MR) is 76.1 cm³/mol. The maximum Gasteiger partial charge on any atom is 0.191 e. The van der Waals surface area contributed by atoms with E-state index in [0.717, 1.165) is 31.5 Å². The van der Waals surface area contributed by atoms with Gasteiger partial charge in [-0.05, 0) is 39.8 Å². The molecule has 0 aliphatic heterocycles. The van der Waals surface area contributed by atoms with Crippen LogP contribution in [0.4, 0.5) is 0 Å². The average Bonchev–Trinajstić information content (AvgIpc) is 3.13. The maximum absolute atomic E-state index is 5.03. The van der Waals surface area contributed by atoms with Gasteiger partial charge in [-0.15, -0.1) is 0 Å². The van der Waals surface area contributed by atoms with Gasteiger partial charge in [0.15, 0.2) is 5.96 Å². The summed E-state index contributed by atoms with van der Waals surface area (Å²) in [5.41, 5.74) is 0. The van der Waals surface area contributed by atoms with Crippen molar-refractivity contribution in [2.45, 2.75) is 25.8 Å². The van der Waals surface area contributed by atoms with E-state index >= 15 is 0 Å². The molecule has 1 aliphatic carbocycles. The molecule has 5 heteroatoms. The van der Waals surface area contributed by atoms with E-state index in [-0.39, 0.29) is 0 Å². The number of methoxy groups -OCH3 is 1. The maximum atomic E-state index is 5.03. The van der Waals surface area contributed by atoms with Crippen molar-refractivity contribution < 1.29 is 4.74 Å². The molecule has 1 unspecified atom stereocenters. The molecular weight excluding hydrogens is 228 g/mol. The summed E-state index contributed by atoms with van der Waals surface area (Å²) < 4.78 is 5.03. The fourth-order valence-corrected chi connectivity index (χ4v) is 2.01. The van der Waals surface area contributed by atoms with Crippen LogP contribution >= 0.6 is 0 Å². The molecular formula is C13H28N4O. The molecule has 0 heterocycles. The molecule has 2 N–H and O–H groups in total. The van der Waals surface area contributed by atoms with Crippen LogP contribution in [-0.4, -0.2) is 64.3 Å². The Labute approximate surface area is 111 Å². The molecule has 1 saturated carbocycles. The predicted octanol–water partition coefficient (Wildman–Crippen LogP) is 0.528. The summed E-state index contributed by atoms with van der Waals surface area (Å²) in [6.45, 7) is 5.31. The molecule has 0 saturated heterocycles. The molecule has 106 valence electrons. The molecule has 0 aromatic heterocycles. The lowest BCUT2D eigenvalue weighted by molar-refractivity contribution is 0.203. The van der Waals surface area contributed by atoms with Crippen LogP contribution in [0.3, 0.4) is 0 Å². The Morgan fingerprint density at radius 3 is 2.61 bits per heavy atom. The highest BCUT2D eigenvalue weighted by molar-refractivity contribution is 5.79. The van der Waals surface area contributed by atoms with Crippen LogP contribution in [0.2, 0.25) is 0 Å². The van der Waals surface area contributed by atoms with E-state index in [4.69, 9.17) is 4.74 Å². The van der Waals surface area contributed by atoms with Crippen molar-refractivity contribution in [3.05, 3.63) is 0 Å². The van der Waals surface area contributed by atoms with Gasteiger partial charge in [0.05, 0.1) is 13.2 Å². The fourth-order valence-electron chi connectivity index (χ4n) is 2.01. The number of hydrogen-bond donors (Lipinski definition) is 2. The minimum atomic E-state index is 0.572. The Kier molecular flexibility index (Phi) is 7.05. The largest absolute Gasteiger partial charge is 0.383 e. The quantitative estimate of drug-likeness (QED) is 0.378. The second-order valence-corrected chi connectivity index (χ2v) is 5.01. The lowest BCUT2D eigenvalue weighted by Gasteiger charge is -2.22. The van der Waals surface area contributed by atoms with Crippen molar-refractivity contribution in [1.82, 2.24) is 15.5 Å². The smallest absolute Gasteiger partial charge is 0.191 e. The zero-order chi connectivity index (χ0) is 13.4. The first kappa shape index (κ1) is 15.2. The Bertz CT molecular complexity index is 249. The van der Waals surface area contributed by atoms with E-state index in [1.165, 1.54) is 12.8 Å². The summed E-state index contributed by atoms with van der Waals surface area (Å²) in [4.78, 5) is 6.96. The Balaban J connectivity index is 2.41. The van der Waals surface area contributed by atoms with E-state index in [0.29, 0.717) is 12.6 Å². The summed E-state index contributed by atoms with van der Waals surface area (Å²) in [7, 11) is 5.99. The standard InChI is InChI=1S/C13H28N4O/c1-5-14-13(15-8-9-18-4)16-10-12(17(2)3)11-6-7-11/h11-12H,5-10H2,1-4H3,(H2,14,15,16). The molecule has 0 bridgehead atoms. The first-order chi connectivity index (χ1) is 8.69. The van der Waals surface area contributed by atoms with E-state index in [2.05, 4.69) is 41.5 Å². The van der Waals surface area contributed by atoms with Gasteiger partial charge in [0.1, 0.15) is 0 Å². The van der Waals surface area contributed by atoms with Gasteiger partial charge in [0.25, 0.3) is 0 Å². The molecule has 5 nitrogen and oxygen atoms in total. The van der Waals surface area contributed by atoms with Crippen LogP contribution in [0.5, 0.6) is 0 Å². The second kappa shape index (κ2) is 8.32. The summed E-state index contributed by atoms with van der Waals surface area (Å²) in [5, 5.41) is 6.53. The molecule has 1 fully saturated rings. The third kappa shape index (κ3) is 5.69. The molecule has 18 heavy (non-hydrogen) atoms. The van der Waals surface area contributed by atoms with Crippen LogP contribution in [0.1, 0.15) is 19.8 Å². The topological polar surface area (TPSA) is 48.9 Å². The normalized spacial score (nSPS) is 17.9. The van der Waals surface area contributed by atoms with Crippen LogP contribution in [0.15, 0.2) is 4.99 Å². The van der Waals surface area contributed by atoms with E-state index in [1.807, 2.05) is 0 Å². The number of hydrogen-bond acceptors (Lipinski definition) is 3. The monoisotopic (exact) mass is 256 g/mol. The first-order valence-corrected chi connectivity index (χ1v) is 6.86. The Morgan fingerprint density at radius 1 is 1.39 bits per heavy atom. The molecule has 0 aromatic rings. The van der Waals surface area contributed by atoms with Crippen molar-refractivity contribution in [3.63, 3.8) is 0 Å². The number of ether oxygens (including phenoxy) is 1. The highest BCUT2D eigenvalue weighted by atomic mass is 16.5. The van der Waals surface area contributed by atoms with E-state index in [1.54, 1.807) is 7.11 Å². The Morgan fingerprint density at radius 2 is 2.11 bits per heavy atom. The summed E-state index contributed by atoms with van der Waals surface area (Å²) in [6, 6.07) is 0.572. The molecule has 0 aromatic carbocycles. The fraction of sp³-hybridized carbons (Fsp3) is 0.923. The molecule has 0 radical (unpaired) electrons. The number of rotatable bonds is 8. The number of aliphatic imine (C=N–C) groups is 1. The minimum Gasteiger partial charge on any atom is -0.383 e. The van der Waals surface area contributed by atoms with Crippen LogP contribution in [0, 0.1) is 5.92 Å². The van der Waals surface area contributed by atoms with Gasteiger partial charge in [0, 0.05) is 26.2 Å². The first-order valence-electron chi connectivity index (χ1n) is 6.86.